The predicted octanol–water partition coefficient (Wildman–Crippen LogP) is 2.83. The maximum Gasteiger partial charge on any atom is 0.416 e. The summed E-state index contributed by atoms with van der Waals surface area (Å²) in [6.45, 7) is 0.438. The maximum absolute atomic E-state index is 12.8. The summed E-state index contributed by atoms with van der Waals surface area (Å²) in [5, 5.41) is 15.5. The lowest BCUT2D eigenvalue weighted by Crippen LogP contribution is -2.33. The van der Waals surface area contributed by atoms with Gasteiger partial charge in [-0.3, -0.25) is 4.79 Å². The second kappa shape index (κ2) is 6.70. The monoisotopic (exact) mass is 368 g/mol. The van der Waals surface area contributed by atoms with Crippen molar-refractivity contribution in [3.63, 3.8) is 0 Å². The number of benzene rings is 1. The van der Waals surface area contributed by atoms with Crippen molar-refractivity contribution in [2.75, 3.05) is 18.4 Å². The third kappa shape index (κ3) is 3.79. The van der Waals surface area contributed by atoms with E-state index < -0.39 is 29.7 Å². The molecule has 7 nitrogen and oxygen atoms in total. The number of likely N-dealkylation sites (tertiary alicyclic amines) is 1. The molecule has 26 heavy (non-hydrogen) atoms. The number of hydrogen-bond acceptors (Lipinski definition) is 3. The first-order valence-electron chi connectivity index (χ1n) is 7.75. The molecular formula is C16H15F3N4O3. The van der Waals surface area contributed by atoms with Gasteiger partial charge < -0.3 is 15.3 Å². The van der Waals surface area contributed by atoms with Crippen LogP contribution in [0, 0.1) is 5.92 Å². The molecule has 3 rings (SSSR count). The van der Waals surface area contributed by atoms with E-state index in [1.165, 1.54) is 34.1 Å². The molecule has 1 fully saturated rings. The Hall–Kier alpha value is -3.04. The summed E-state index contributed by atoms with van der Waals surface area (Å²) in [6.07, 6.45) is -1.38. The number of aliphatic carboxylic acids is 1. The molecule has 0 spiro atoms. The van der Waals surface area contributed by atoms with Crippen molar-refractivity contribution < 1.29 is 27.9 Å². The minimum Gasteiger partial charge on any atom is -0.481 e. The van der Waals surface area contributed by atoms with Crippen LogP contribution in [0.2, 0.25) is 0 Å². The van der Waals surface area contributed by atoms with E-state index in [-0.39, 0.29) is 12.2 Å². The molecule has 1 aliphatic heterocycles. The molecule has 1 aliphatic rings. The van der Waals surface area contributed by atoms with Gasteiger partial charge in [0.1, 0.15) is 0 Å². The van der Waals surface area contributed by atoms with E-state index in [1.54, 1.807) is 0 Å². The van der Waals surface area contributed by atoms with Crippen LogP contribution in [0.4, 0.5) is 23.7 Å². The molecular weight excluding hydrogens is 353 g/mol. The molecule has 1 aromatic heterocycles. The number of carbonyl (C=O) groups excluding carboxylic acids is 1. The molecule has 0 radical (unpaired) electrons. The number of urea groups is 1. The first-order chi connectivity index (χ1) is 12.2. The highest BCUT2D eigenvalue weighted by atomic mass is 19.4. The SMILES string of the molecule is O=C(O)C1CCN(C(=O)Nc2cnn(-c3cccc(C(F)(F)F)c3)c2)C1. The van der Waals surface area contributed by atoms with Gasteiger partial charge in [-0.15, -0.1) is 0 Å². The van der Waals surface area contributed by atoms with Crippen LogP contribution in [0.15, 0.2) is 36.7 Å². The summed E-state index contributed by atoms with van der Waals surface area (Å²) in [5.74, 6) is -1.54. The number of carboxylic acid groups (broad SMARTS) is 1. The van der Waals surface area contributed by atoms with Crippen LogP contribution in [-0.4, -0.2) is 44.9 Å². The second-order valence-corrected chi connectivity index (χ2v) is 5.92. The Morgan fingerprint density at radius 3 is 2.73 bits per heavy atom. The Bertz CT molecular complexity index is 834. The Kier molecular flexibility index (Phi) is 4.58. The fraction of sp³-hybridized carbons (Fsp3) is 0.312. The topological polar surface area (TPSA) is 87.5 Å². The van der Waals surface area contributed by atoms with Crippen molar-refractivity contribution >= 4 is 17.7 Å². The Balaban J connectivity index is 1.69. The molecule has 1 unspecified atom stereocenters. The minimum absolute atomic E-state index is 0.114. The Labute approximate surface area is 146 Å². The maximum atomic E-state index is 12.8. The number of rotatable bonds is 3. The standard InChI is InChI=1S/C16H15F3N4O3/c17-16(18,19)11-2-1-3-13(6-11)23-9-12(7-20-23)21-15(26)22-5-4-10(8-22)14(24)25/h1-3,6-7,9-10H,4-5,8H2,(H,21,26)(H,24,25). The van der Waals surface area contributed by atoms with Gasteiger partial charge in [0.15, 0.2) is 0 Å². The summed E-state index contributed by atoms with van der Waals surface area (Å²) >= 11 is 0. The number of halogens is 3. The van der Waals surface area contributed by atoms with Crippen molar-refractivity contribution in [2.45, 2.75) is 12.6 Å². The van der Waals surface area contributed by atoms with E-state index in [2.05, 4.69) is 10.4 Å². The lowest BCUT2D eigenvalue weighted by molar-refractivity contribution is -0.141. The number of carboxylic acids is 1. The first kappa shape index (κ1) is 17.8. The van der Waals surface area contributed by atoms with E-state index in [0.29, 0.717) is 18.7 Å². The quantitative estimate of drug-likeness (QED) is 0.872. The summed E-state index contributed by atoms with van der Waals surface area (Å²) in [7, 11) is 0. The molecule has 2 heterocycles. The normalized spacial score (nSPS) is 17.3. The summed E-state index contributed by atoms with van der Waals surface area (Å²) < 4.78 is 39.6. The van der Waals surface area contributed by atoms with Gasteiger partial charge in [0.05, 0.1) is 35.2 Å². The van der Waals surface area contributed by atoms with Crippen molar-refractivity contribution in [3.8, 4) is 5.69 Å². The molecule has 2 aromatic rings. The number of alkyl halides is 3. The molecule has 0 bridgehead atoms. The number of anilines is 1. The highest BCUT2D eigenvalue weighted by Gasteiger charge is 2.31. The van der Waals surface area contributed by atoms with Crippen LogP contribution in [0.1, 0.15) is 12.0 Å². The van der Waals surface area contributed by atoms with Crippen molar-refractivity contribution in [3.05, 3.63) is 42.2 Å². The van der Waals surface area contributed by atoms with Gasteiger partial charge >= 0.3 is 18.2 Å². The third-order valence-corrected chi connectivity index (χ3v) is 4.10. The highest BCUT2D eigenvalue weighted by Crippen LogP contribution is 2.30. The average Bonchev–Trinajstić information content (AvgIpc) is 3.23. The predicted molar refractivity (Wildman–Crippen MR) is 84.9 cm³/mol. The van der Waals surface area contributed by atoms with Crippen LogP contribution >= 0.6 is 0 Å². The fourth-order valence-electron chi connectivity index (χ4n) is 2.70. The van der Waals surface area contributed by atoms with Crippen LogP contribution in [0.3, 0.4) is 0 Å². The van der Waals surface area contributed by atoms with E-state index in [1.807, 2.05) is 0 Å². The molecule has 0 saturated carbocycles. The first-order valence-corrected chi connectivity index (χ1v) is 7.75. The van der Waals surface area contributed by atoms with E-state index in [9.17, 15) is 22.8 Å². The zero-order chi connectivity index (χ0) is 18.9. The molecule has 1 aromatic carbocycles. The highest BCUT2D eigenvalue weighted by molar-refractivity contribution is 5.89. The van der Waals surface area contributed by atoms with Crippen LogP contribution in [0.5, 0.6) is 0 Å². The van der Waals surface area contributed by atoms with Gasteiger partial charge in [-0.2, -0.15) is 18.3 Å². The second-order valence-electron chi connectivity index (χ2n) is 5.92. The zero-order valence-corrected chi connectivity index (χ0v) is 13.4. The summed E-state index contributed by atoms with van der Waals surface area (Å²) in [5.41, 5.74) is -0.300. The molecule has 0 aliphatic carbocycles. The third-order valence-electron chi connectivity index (χ3n) is 4.10. The molecule has 1 saturated heterocycles. The largest absolute Gasteiger partial charge is 0.481 e. The van der Waals surface area contributed by atoms with Crippen LogP contribution < -0.4 is 5.32 Å². The molecule has 138 valence electrons. The van der Waals surface area contributed by atoms with E-state index in [0.717, 1.165) is 12.1 Å². The number of amides is 2. The van der Waals surface area contributed by atoms with E-state index >= 15 is 0 Å². The van der Waals surface area contributed by atoms with Crippen molar-refractivity contribution in [1.29, 1.82) is 0 Å². The summed E-state index contributed by atoms with van der Waals surface area (Å²) in [4.78, 5) is 24.5. The number of nitrogens with one attached hydrogen (secondary N) is 1. The molecule has 2 N–H and O–H groups in total. The lowest BCUT2D eigenvalue weighted by atomic mass is 10.1. The lowest BCUT2D eigenvalue weighted by Gasteiger charge is -2.15. The zero-order valence-electron chi connectivity index (χ0n) is 13.4. The van der Waals surface area contributed by atoms with Crippen LogP contribution in [0.25, 0.3) is 5.69 Å². The van der Waals surface area contributed by atoms with Gasteiger partial charge in [0, 0.05) is 13.1 Å². The minimum atomic E-state index is -4.46. The molecule has 10 heteroatoms. The smallest absolute Gasteiger partial charge is 0.416 e. The van der Waals surface area contributed by atoms with Crippen molar-refractivity contribution in [2.24, 2.45) is 5.92 Å². The van der Waals surface area contributed by atoms with Crippen molar-refractivity contribution in [1.82, 2.24) is 14.7 Å². The average molecular weight is 368 g/mol. The number of hydrogen-bond donors (Lipinski definition) is 2. The number of aromatic nitrogens is 2. The number of carbonyl (C=O) groups is 2. The summed E-state index contributed by atoms with van der Waals surface area (Å²) in [6, 6.07) is 4.18. The molecule has 2 amide bonds. The van der Waals surface area contributed by atoms with Gasteiger partial charge in [-0.05, 0) is 24.6 Å². The van der Waals surface area contributed by atoms with E-state index in [4.69, 9.17) is 5.11 Å². The van der Waals surface area contributed by atoms with Gasteiger partial charge in [0.2, 0.25) is 0 Å². The van der Waals surface area contributed by atoms with Crippen LogP contribution in [-0.2, 0) is 11.0 Å². The van der Waals surface area contributed by atoms with Gasteiger partial charge in [0.25, 0.3) is 0 Å². The fourth-order valence-corrected chi connectivity index (χ4v) is 2.70. The Morgan fingerprint density at radius 1 is 1.31 bits per heavy atom. The molecule has 1 atom stereocenters. The number of nitrogens with zero attached hydrogens (tertiary/aromatic N) is 3. The van der Waals surface area contributed by atoms with Gasteiger partial charge in [-0.25, -0.2) is 9.48 Å². The van der Waals surface area contributed by atoms with Gasteiger partial charge in [-0.1, -0.05) is 6.07 Å². The Morgan fingerprint density at radius 2 is 2.08 bits per heavy atom.